The Kier molecular flexibility index (Phi) is 5.90. The molecule has 0 saturated heterocycles. The van der Waals surface area contributed by atoms with E-state index in [1.807, 2.05) is 44.2 Å². The van der Waals surface area contributed by atoms with E-state index in [0.29, 0.717) is 11.4 Å². The van der Waals surface area contributed by atoms with Crippen molar-refractivity contribution < 1.29 is 9.90 Å². The smallest absolute Gasteiger partial charge is 0.251 e. The van der Waals surface area contributed by atoms with Crippen LogP contribution >= 0.6 is 11.3 Å². The standard InChI is InChI=1S/C23H21N5O2S/c1-14-10-11-24-21(12-14)28-20-5-3-4-18(27-20)19-13-25-23(31-19)15(2)26-22(30)16-6-8-17(29)9-7-16/h3-13,15,29H,1-2H3,(H,26,30)(H,24,27,28)/t15-/m0/s1. The van der Waals surface area contributed by atoms with Crippen LogP contribution in [0.2, 0.25) is 0 Å². The first-order valence-corrected chi connectivity index (χ1v) is 10.5. The Labute approximate surface area is 183 Å². The highest BCUT2D eigenvalue weighted by Gasteiger charge is 2.16. The maximum Gasteiger partial charge on any atom is 0.251 e. The molecule has 0 radical (unpaired) electrons. The van der Waals surface area contributed by atoms with Crippen LogP contribution in [0.3, 0.4) is 0 Å². The molecule has 0 aliphatic carbocycles. The zero-order valence-electron chi connectivity index (χ0n) is 17.0. The molecule has 3 N–H and O–H groups in total. The predicted octanol–water partition coefficient (Wildman–Crippen LogP) is 4.85. The van der Waals surface area contributed by atoms with Gasteiger partial charge in [0.15, 0.2) is 0 Å². The summed E-state index contributed by atoms with van der Waals surface area (Å²) in [6, 6.07) is 15.5. The summed E-state index contributed by atoms with van der Waals surface area (Å²) in [7, 11) is 0. The number of nitrogens with one attached hydrogen (secondary N) is 2. The fourth-order valence-corrected chi connectivity index (χ4v) is 3.83. The monoisotopic (exact) mass is 431 g/mol. The maximum absolute atomic E-state index is 12.4. The number of anilines is 2. The second kappa shape index (κ2) is 8.93. The molecule has 0 bridgehead atoms. The van der Waals surface area contributed by atoms with Gasteiger partial charge in [-0.25, -0.2) is 15.0 Å². The first kappa shape index (κ1) is 20.5. The van der Waals surface area contributed by atoms with Crippen molar-refractivity contribution >= 4 is 28.9 Å². The highest BCUT2D eigenvalue weighted by molar-refractivity contribution is 7.15. The van der Waals surface area contributed by atoms with Crippen molar-refractivity contribution in [1.82, 2.24) is 20.3 Å². The van der Waals surface area contributed by atoms with Crippen LogP contribution in [0, 0.1) is 6.92 Å². The highest BCUT2D eigenvalue weighted by Crippen LogP contribution is 2.29. The Balaban J connectivity index is 1.46. The number of thiazole rings is 1. The summed E-state index contributed by atoms with van der Waals surface area (Å²) in [5, 5.41) is 16.3. The normalized spacial score (nSPS) is 11.7. The summed E-state index contributed by atoms with van der Waals surface area (Å²) in [5.41, 5.74) is 2.38. The van der Waals surface area contributed by atoms with Gasteiger partial charge in [0.2, 0.25) is 0 Å². The lowest BCUT2D eigenvalue weighted by Crippen LogP contribution is -2.26. The molecule has 0 spiro atoms. The topological polar surface area (TPSA) is 100 Å². The molecule has 4 aromatic rings. The van der Waals surface area contributed by atoms with Crippen molar-refractivity contribution in [1.29, 1.82) is 0 Å². The largest absolute Gasteiger partial charge is 0.508 e. The summed E-state index contributed by atoms with van der Waals surface area (Å²) >= 11 is 1.48. The van der Waals surface area contributed by atoms with Crippen LogP contribution < -0.4 is 10.6 Å². The lowest BCUT2D eigenvalue weighted by atomic mass is 10.2. The molecule has 0 aliphatic heterocycles. The summed E-state index contributed by atoms with van der Waals surface area (Å²) in [6.07, 6.45) is 3.52. The lowest BCUT2D eigenvalue weighted by Gasteiger charge is -2.11. The summed E-state index contributed by atoms with van der Waals surface area (Å²) in [6.45, 7) is 3.90. The van der Waals surface area contributed by atoms with E-state index in [9.17, 15) is 9.90 Å². The number of pyridine rings is 2. The molecule has 1 aromatic carbocycles. The van der Waals surface area contributed by atoms with Gasteiger partial charge in [0.05, 0.1) is 16.6 Å². The summed E-state index contributed by atoms with van der Waals surface area (Å²) in [4.78, 5) is 26.8. The van der Waals surface area contributed by atoms with Gasteiger partial charge in [-0.2, -0.15) is 0 Å². The van der Waals surface area contributed by atoms with Crippen molar-refractivity contribution in [2.24, 2.45) is 0 Å². The molecule has 4 rings (SSSR count). The third-order valence-corrected chi connectivity index (χ3v) is 5.75. The number of aromatic hydroxyl groups is 1. The predicted molar refractivity (Wildman–Crippen MR) is 122 cm³/mol. The molecular formula is C23H21N5O2S. The van der Waals surface area contributed by atoms with Gasteiger partial charge in [0.1, 0.15) is 22.4 Å². The van der Waals surface area contributed by atoms with Crippen LogP contribution in [0.25, 0.3) is 10.6 Å². The van der Waals surface area contributed by atoms with Crippen LogP contribution in [0.15, 0.2) is 67.0 Å². The first-order valence-electron chi connectivity index (χ1n) is 9.70. The Morgan fingerprint density at radius 1 is 1.06 bits per heavy atom. The molecule has 3 aromatic heterocycles. The first-order chi connectivity index (χ1) is 15.0. The molecule has 31 heavy (non-hydrogen) atoms. The van der Waals surface area contributed by atoms with E-state index in [-0.39, 0.29) is 17.7 Å². The second-order valence-corrected chi connectivity index (χ2v) is 8.12. The molecule has 156 valence electrons. The van der Waals surface area contributed by atoms with E-state index in [4.69, 9.17) is 0 Å². The number of benzene rings is 1. The summed E-state index contributed by atoms with van der Waals surface area (Å²) in [5.74, 6) is 1.33. The van der Waals surface area contributed by atoms with Gasteiger partial charge in [-0.15, -0.1) is 11.3 Å². The van der Waals surface area contributed by atoms with Crippen molar-refractivity contribution in [3.8, 4) is 16.3 Å². The fourth-order valence-electron chi connectivity index (χ4n) is 2.94. The van der Waals surface area contributed by atoms with Crippen LogP contribution in [-0.4, -0.2) is 26.0 Å². The third-order valence-electron chi connectivity index (χ3n) is 4.54. The van der Waals surface area contributed by atoms with Gasteiger partial charge < -0.3 is 15.7 Å². The second-order valence-electron chi connectivity index (χ2n) is 7.06. The Morgan fingerprint density at radius 2 is 1.87 bits per heavy atom. The molecule has 1 amide bonds. The van der Waals surface area contributed by atoms with E-state index in [0.717, 1.165) is 27.0 Å². The van der Waals surface area contributed by atoms with Gasteiger partial charge in [0.25, 0.3) is 5.91 Å². The number of nitrogens with zero attached hydrogens (tertiary/aromatic N) is 3. The SMILES string of the molecule is Cc1ccnc(Nc2cccc(-c3cnc([C@H](C)NC(=O)c4ccc(O)cc4)s3)n2)c1. The summed E-state index contributed by atoms with van der Waals surface area (Å²) < 4.78 is 0. The minimum atomic E-state index is -0.266. The Hall–Kier alpha value is -3.78. The average Bonchev–Trinajstić information content (AvgIpc) is 3.25. The lowest BCUT2D eigenvalue weighted by molar-refractivity contribution is 0.0940. The molecule has 0 aliphatic rings. The van der Waals surface area contributed by atoms with Gasteiger partial charge in [-0.05, 0) is 67.9 Å². The van der Waals surface area contributed by atoms with Crippen molar-refractivity contribution in [3.05, 3.63) is 83.1 Å². The van der Waals surface area contributed by atoms with Crippen molar-refractivity contribution in [2.75, 3.05) is 5.32 Å². The number of amides is 1. The quantitative estimate of drug-likeness (QED) is 0.404. The van der Waals surface area contributed by atoms with Gasteiger partial charge in [-0.1, -0.05) is 6.07 Å². The van der Waals surface area contributed by atoms with Gasteiger partial charge >= 0.3 is 0 Å². The van der Waals surface area contributed by atoms with Gasteiger partial charge in [0, 0.05) is 18.0 Å². The zero-order chi connectivity index (χ0) is 21.8. The molecule has 1 atom stereocenters. The number of rotatable bonds is 6. The zero-order valence-corrected chi connectivity index (χ0v) is 17.9. The minimum absolute atomic E-state index is 0.122. The molecule has 0 fully saturated rings. The highest BCUT2D eigenvalue weighted by atomic mass is 32.1. The van der Waals surface area contributed by atoms with Crippen LogP contribution in [0.1, 0.15) is 33.9 Å². The molecule has 0 saturated carbocycles. The van der Waals surface area contributed by atoms with E-state index >= 15 is 0 Å². The molecular weight excluding hydrogens is 410 g/mol. The Morgan fingerprint density at radius 3 is 2.65 bits per heavy atom. The maximum atomic E-state index is 12.4. The molecule has 0 unspecified atom stereocenters. The van der Waals surface area contributed by atoms with E-state index in [1.54, 1.807) is 24.5 Å². The minimum Gasteiger partial charge on any atom is -0.508 e. The van der Waals surface area contributed by atoms with E-state index < -0.39 is 0 Å². The molecule has 8 heteroatoms. The number of hydrogen-bond acceptors (Lipinski definition) is 7. The van der Waals surface area contributed by atoms with E-state index in [2.05, 4.69) is 25.6 Å². The fraction of sp³-hybridized carbons (Fsp3) is 0.130. The number of carbonyl (C=O) groups is 1. The van der Waals surface area contributed by atoms with Crippen molar-refractivity contribution in [3.63, 3.8) is 0 Å². The molecule has 7 nitrogen and oxygen atoms in total. The average molecular weight is 432 g/mol. The number of phenols is 1. The van der Waals surface area contributed by atoms with E-state index in [1.165, 1.54) is 23.5 Å². The number of aromatic nitrogens is 3. The van der Waals surface area contributed by atoms with Crippen LogP contribution in [0.4, 0.5) is 11.6 Å². The third kappa shape index (κ3) is 5.04. The Bertz CT molecular complexity index is 1210. The number of phenolic OH excluding ortho intramolecular Hbond substituents is 1. The van der Waals surface area contributed by atoms with Gasteiger partial charge in [-0.3, -0.25) is 4.79 Å². The van der Waals surface area contributed by atoms with Crippen molar-refractivity contribution in [2.45, 2.75) is 19.9 Å². The number of hydrogen-bond donors (Lipinski definition) is 3. The van der Waals surface area contributed by atoms with Crippen LogP contribution in [-0.2, 0) is 0 Å². The number of carbonyl (C=O) groups excluding carboxylic acids is 1. The van der Waals surface area contributed by atoms with Crippen LogP contribution in [0.5, 0.6) is 5.75 Å². The number of aryl methyl sites for hydroxylation is 1. The molecule has 3 heterocycles.